The van der Waals surface area contributed by atoms with Gasteiger partial charge in [0.1, 0.15) is 22.6 Å². The van der Waals surface area contributed by atoms with Crippen molar-refractivity contribution in [3.05, 3.63) is 29.6 Å². The van der Waals surface area contributed by atoms with Gasteiger partial charge in [-0.05, 0) is 32.9 Å². The molecule has 0 saturated carbocycles. The Hall–Kier alpha value is -1.23. The minimum atomic E-state index is -1.33. The monoisotopic (exact) mass is 257 g/mol. The molecule has 0 amide bonds. The predicted octanol–water partition coefficient (Wildman–Crippen LogP) is 2.72. The van der Waals surface area contributed by atoms with E-state index in [0.29, 0.717) is 11.3 Å². The number of benzene rings is 1. The fourth-order valence-electron chi connectivity index (χ4n) is 1.05. The molecule has 1 aromatic carbocycles. The van der Waals surface area contributed by atoms with E-state index in [1.807, 2.05) is 20.8 Å². The van der Waals surface area contributed by atoms with E-state index >= 15 is 0 Å². The van der Waals surface area contributed by atoms with Gasteiger partial charge in [0, 0.05) is 17.8 Å². The van der Waals surface area contributed by atoms with Crippen molar-refractivity contribution < 1.29 is 13.3 Å². The highest BCUT2D eigenvalue weighted by atomic mass is 32.2. The normalized spacial score (nSPS) is 13.9. The molecule has 5 heteroatoms. The quantitative estimate of drug-likeness (QED) is 0.781. The van der Waals surface area contributed by atoms with Crippen molar-refractivity contribution in [1.82, 2.24) is 0 Å². The van der Waals surface area contributed by atoms with Crippen LogP contribution in [0, 0.1) is 5.82 Å². The molecule has 3 nitrogen and oxygen atoms in total. The molecule has 0 aliphatic carbocycles. The van der Waals surface area contributed by atoms with E-state index in [1.54, 1.807) is 0 Å². The summed E-state index contributed by atoms with van der Waals surface area (Å²) < 4.78 is 33.2. The molecule has 0 aliphatic rings. The first-order valence-electron chi connectivity index (χ1n) is 5.14. The lowest BCUT2D eigenvalue weighted by Gasteiger charge is -2.13. The molecule has 0 aliphatic heterocycles. The van der Waals surface area contributed by atoms with Crippen LogP contribution in [-0.2, 0) is 11.0 Å². The van der Waals surface area contributed by atoms with Crippen LogP contribution in [0.1, 0.15) is 26.3 Å². The van der Waals surface area contributed by atoms with Crippen LogP contribution in [0.5, 0.6) is 5.75 Å². The van der Waals surface area contributed by atoms with Crippen LogP contribution < -0.4 is 4.74 Å². The molecular weight excluding hydrogens is 241 g/mol. The van der Waals surface area contributed by atoms with E-state index in [9.17, 15) is 8.60 Å². The zero-order valence-corrected chi connectivity index (χ0v) is 11.2. The maximum Gasteiger partial charge on any atom is 0.144 e. The van der Waals surface area contributed by atoms with Crippen LogP contribution in [0.15, 0.2) is 22.6 Å². The summed E-state index contributed by atoms with van der Waals surface area (Å²) in [4.78, 5) is 0. The Balaban J connectivity index is 2.96. The number of ether oxygens (including phenoxy) is 1. The van der Waals surface area contributed by atoms with Crippen molar-refractivity contribution in [1.29, 1.82) is 0 Å². The minimum Gasteiger partial charge on any atom is -0.496 e. The molecule has 0 aromatic heterocycles. The van der Waals surface area contributed by atoms with Crippen molar-refractivity contribution in [2.45, 2.75) is 25.5 Å². The molecule has 1 rings (SSSR count). The van der Waals surface area contributed by atoms with Gasteiger partial charge >= 0.3 is 0 Å². The van der Waals surface area contributed by atoms with Crippen molar-refractivity contribution in [3.63, 3.8) is 0 Å². The number of methoxy groups -OCH3 is 1. The summed E-state index contributed by atoms with van der Waals surface area (Å²) in [7, 11) is 0.118. The molecule has 0 spiro atoms. The zero-order valence-electron chi connectivity index (χ0n) is 10.4. The summed E-state index contributed by atoms with van der Waals surface area (Å²) in [5, 5.41) is 0. The number of halogens is 1. The van der Waals surface area contributed by atoms with Crippen LogP contribution in [0.2, 0.25) is 0 Å². The van der Waals surface area contributed by atoms with Crippen LogP contribution in [0.4, 0.5) is 4.39 Å². The van der Waals surface area contributed by atoms with Crippen LogP contribution in [0.25, 0.3) is 0 Å². The first-order chi connectivity index (χ1) is 7.84. The van der Waals surface area contributed by atoms with Gasteiger partial charge < -0.3 is 4.74 Å². The summed E-state index contributed by atoms with van der Waals surface area (Å²) >= 11 is 0. The zero-order chi connectivity index (χ0) is 13.1. The highest BCUT2D eigenvalue weighted by molar-refractivity contribution is 7.85. The van der Waals surface area contributed by atoms with E-state index in [4.69, 9.17) is 4.74 Å². The third-order valence-electron chi connectivity index (χ3n) is 2.01. The molecule has 0 saturated heterocycles. The molecule has 0 fully saturated rings. The average molecular weight is 257 g/mol. The first-order valence-corrected chi connectivity index (χ1v) is 6.25. The summed E-state index contributed by atoms with van der Waals surface area (Å²) in [6.07, 6.45) is 1.44. The summed E-state index contributed by atoms with van der Waals surface area (Å²) in [5.41, 5.74) is 0.603. The highest BCUT2D eigenvalue weighted by Gasteiger charge is 2.18. The van der Waals surface area contributed by atoms with Gasteiger partial charge in [0.05, 0.1) is 11.9 Å². The van der Waals surface area contributed by atoms with E-state index in [-0.39, 0.29) is 5.82 Å². The predicted molar refractivity (Wildman–Crippen MR) is 68.4 cm³/mol. The fourth-order valence-corrected chi connectivity index (χ4v) is 1.58. The lowest BCUT2D eigenvalue weighted by molar-refractivity contribution is 0.410. The van der Waals surface area contributed by atoms with E-state index in [1.165, 1.54) is 31.5 Å². The lowest BCUT2D eigenvalue weighted by Crippen LogP contribution is -2.19. The Morgan fingerprint density at radius 1 is 1.41 bits per heavy atom. The molecule has 0 heterocycles. The van der Waals surface area contributed by atoms with Gasteiger partial charge in [0.15, 0.2) is 0 Å². The van der Waals surface area contributed by atoms with Crippen molar-refractivity contribution in [3.8, 4) is 5.75 Å². The van der Waals surface area contributed by atoms with Gasteiger partial charge in [-0.25, -0.2) is 8.60 Å². The van der Waals surface area contributed by atoms with Gasteiger partial charge in [0.25, 0.3) is 0 Å². The third kappa shape index (κ3) is 3.93. The minimum absolute atomic E-state index is 0.375. The second-order valence-corrected chi connectivity index (χ2v) is 6.42. The van der Waals surface area contributed by atoms with Gasteiger partial charge in [-0.1, -0.05) is 0 Å². The van der Waals surface area contributed by atoms with Crippen LogP contribution in [-0.4, -0.2) is 22.3 Å². The summed E-state index contributed by atoms with van der Waals surface area (Å²) in [6, 6.07) is 4.11. The Morgan fingerprint density at radius 2 is 2.06 bits per heavy atom. The molecule has 0 radical (unpaired) electrons. The highest BCUT2D eigenvalue weighted by Crippen LogP contribution is 2.18. The number of rotatable bonds is 3. The Labute approximate surface area is 103 Å². The van der Waals surface area contributed by atoms with Crippen molar-refractivity contribution >= 4 is 17.2 Å². The molecular formula is C12H16FNO2S. The first kappa shape index (κ1) is 13.8. The van der Waals surface area contributed by atoms with E-state index in [0.717, 1.165) is 0 Å². The topological polar surface area (TPSA) is 38.7 Å². The van der Waals surface area contributed by atoms with Crippen molar-refractivity contribution in [2.24, 2.45) is 4.40 Å². The standard InChI is InChI=1S/C12H16FNO2S/c1-12(2,3)17(15)14-8-9-5-6-10(13)7-11(9)16-4/h5-8H,1-4H3. The smallest absolute Gasteiger partial charge is 0.144 e. The summed E-state index contributed by atoms with van der Waals surface area (Å²) in [5.74, 6) is -0.00407. The Kier molecular flexibility index (Phi) is 4.40. The molecule has 17 heavy (non-hydrogen) atoms. The van der Waals surface area contributed by atoms with E-state index in [2.05, 4.69) is 4.40 Å². The van der Waals surface area contributed by atoms with Crippen LogP contribution >= 0.6 is 0 Å². The maximum atomic E-state index is 12.9. The third-order valence-corrected chi connectivity index (χ3v) is 3.35. The van der Waals surface area contributed by atoms with Crippen LogP contribution in [0.3, 0.4) is 0 Å². The number of hydrogen-bond acceptors (Lipinski definition) is 2. The molecule has 1 aromatic rings. The molecule has 94 valence electrons. The lowest BCUT2D eigenvalue weighted by atomic mass is 10.2. The fraction of sp³-hybridized carbons (Fsp3) is 0.417. The number of nitrogens with zero attached hydrogens (tertiary/aromatic N) is 1. The largest absolute Gasteiger partial charge is 0.496 e. The molecule has 1 atom stereocenters. The Morgan fingerprint density at radius 3 is 2.59 bits per heavy atom. The second kappa shape index (κ2) is 5.40. The Bertz CT molecular complexity index is 452. The van der Waals surface area contributed by atoms with Gasteiger partial charge in [-0.2, -0.15) is 4.40 Å². The van der Waals surface area contributed by atoms with Gasteiger partial charge in [-0.3, -0.25) is 0 Å². The molecule has 1 unspecified atom stereocenters. The number of hydrogen-bond donors (Lipinski definition) is 0. The molecule has 0 N–H and O–H groups in total. The second-order valence-electron chi connectivity index (χ2n) is 4.48. The van der Waals surface area contributed by atoms with Crippen molar-refractivity contribution in [2.75, 3.05) is 7.11 Å². The maximum absolute atomic E-state index is 12.9. The van der Waals surface area contributed by atoms with Gasteiger partial charge in [0.2, 0.25) is 0 Å². The SMILES string of the molecule is COc1cc(F)ccc1C=NS(=O)C(C)(C)C. The van der Waals surface area contributed by atoms with E-state index < -0.39 is 15.7 Å². The average Bonchev–Trinajstić information content (AvgIpc) is 2.25. The summed E-state index contributed by atoms with van der Waals surface area (Å²) in [6.45, 7) is 5.51. The van der Waals surface area contributed by atoms with Gasteiger partial charge in [-0.15, -0.1) is 0 Å². The molecule has 0 bridgehead atoms.